The normalized spacial score (nSPS) is 10.7. The van der Waals surface area contributed by atoms with Crippen molar-refractivity contribution in [3.05, 3.63) is 90.5 Å². The highest BCUT2D eigenvalue weighted by atomic mass is 16.5. The van der Waals surface area contributed by atoms with Crippen molar-refractivity contribution in [3.63, 3.8) is 0 Å². The van der Waals surface area contributed by atoms with E-state index in [1.54, 1.807) is 36.4 Å². The van der Waals surface area contributed by atoms with E-state index in [0.717, 1.165) is 11.4 Å². The molecule has 0 saturated carbocycles. The van der Waals surface area contributed by atoms with Crippen LogP contribution < -0.4 is 4.74 Å². The summed E-state index contributed by atoms with van der Waals surface area (Å²) in [6.45, 7) is 0.00882. The fourth-order valence-electron chi connectivity index (χ4n) is 2.08. The summed E-state index contributed by atoms with van der Waals surface area (Å²) in [6, 6.07) is 25.8. The molecule has 0 radical (unpaired) electrons. The van der Waals surface area contributed by atoms with E-state index in [0.29, 0.717) is 11.3 Å². The lowest BCUT2D eigenvalue weighted by Gasteiger charge is -2.05. The zero-order chi connectivity index (χ0) is 16.6. The minimum Gasteiger partial charge on any atom is -0.485 e. The Morgan fingerprint density at radius 2 is 1.25 bits per heavy atom. The van der Waals surface area contributed by atoms with E-state index in [2.05, 4.69) is 10.2 Å². The molecule has 0 aliphatic rings. The molecule has 0 aliphatic carbocycles. The van der Waals surface area contributed by atoms with Crippen molar-refractivity contribution in [2.75, 3.05) is 6.61 Å². The molecule has 4 heteroatoms. The van der Waals surface area contributed by atoms with Crippen molar-refractivity contribution in [1.82, 2.24) is 0 Å². The van der Waals surface area contributed by atoms with Gasteiger partial charge in [-0.1, -0.05) is 48.5 Å². The summed E-state index contributed by atoms with van der Waals surface area (Å²) in [5.41, 5.74) is 2.16. The number of Topliss-reactive ketones (excluding diaryl/α,β-unsaturated/α-hetero) is 1. The van der Waals surface area contributed by atoms with Gasteiger partial charge >= 0.3 is 0 Å². The first-order chi connectivity index (χ1) is 11.8. The molecule has 0 heterocycles. The summed E-state index contributed by atoms with van der Waals surface area (Å²) in [5, 5.41) is 8.31. The summed E-state index contributed by atoms with van der Waals surface area (Å²) in [7, 11) is 0. The molecule has 3 rings (SSSR count). The summed E-state index contributed by atoms with van der Waals surface area (Å²) >= 11 is 0. The highest BCUT2D eigenvalue weighted by Crippen LogP contribution is 2.21. The molecule has 4 nitrogen and oxygen atoms in total. The average Bonchev–Trinajstić information content (AvgIpc) is 2.67. The van der Waals surface area contributed by atoms with Gasteiger partial charge in [-0.2, -0.15) is 10.2 Å². The highest BCUT2D eigenvalue weighted by molar-refractivity contribution is 5.97. The smallest absolute Gasteiger partial charge is 0.200 e. The molecule has 0 aliphatic heterocycles. The molecule has 0 N–H and O–H groups in total. The standard InChI is InChI=1S/C20H16N2O2/c23-20(16-7-3-1-4-8-16)15-24-19-13-11-18(12-14-19)22-21-17-9-5-2-6-10-17/h1-14H,15H2. The number of ether oxygens (including phenoxy) is 1. The average molecular weight is 316 g/mol. The highest BCUT2D eigenvalue weighted by Gasteiger charge is 2.05. The van der Waals surface area contributed by atoms with Gasteiger partial charge in [-0.3, -0.25) is 4.79 Å². The van der Waals surface area contributed by atoms with Gasteiger partial charge in [0, 0.05) is 5.56 Å². The first-order valence-corrected chi connectivity index (χ1v) is 7.59. The van der Waals surface area contributed by atoms with Gasteiger partial charge in [0.25, 0.3) is 0 Å². The fourth-order valence-corrected chi connectivity index (χ4v) is 2.08. The van der Waals surface area contributed by atoms with Crippen molar-refractivity contribution in [1.29, 1.82) is 0 Å². The van der Waals surface area contributed by atoms with Crippen molar-refractivity contribution in [2.45, 2.75) is 0 Å². The van der Waals surface area contributed by atoms with Gasteiger partial charge in [0.15, 0.2) is 12.4 Å². The third-order valence-corrected chi connectivity index (χ3v) is 3.34. The number of hydrogen-bond acceptors (Lipinski definition) is 4. The minimum atomic E-state index is -0.0524. The molecule has 3 aromatic carbocycles. The second kappa shape index (κ2) is 7.83. The Hall–Kier alpha value is -3.27. The van der Waals surface area contributed by atoms with Crippen LogP contribution in [0.2, 0.25) is 0 Å². The van der Waals surface area contributed by atoms with Crippen LogP contribution in [0.1, 0.15) is 10.4 Å². The zero-order valence-electron chi connectivity index (χ0n) is 13.0. The van der Waals surface area contributed by atoms with Crippen LogP contribution in [0.25, 0.3) is 0 Å². The van der Waals surface area contributed by atoms with Crippen LogP contribution in [0.3, 0.4) is 0 Å². The summed E-state index contributed by atoms with van der Waals surface area (Å²) in [6.07, 6.45) is 0. The second-order valence-corrected chi connectivity index (χ2v) is 5.11. The molecule has 24 heavy (non-hydrogen) atoms. The Bertz CT molecular complexity index is 813. The van der Waals surface area contributed by atoms with Crippen molar-refractivity contribution < 1.29 is 9.53 Å². The Labute approximate surface area is 140 Å². The molecule has 0 unspecified atom stereocenters. The first-order valence-electron chi connectivity index (χ1n) is 7.59. The van der Waals surface area contributed by atoms with E-state index in [4.69, 9.17) is 4.74 Å². The summed E-state index contributed by atoms with van der Waals surface area (Å²) in [4.78, 5) is 12.0. The van der Waals surface area contributed by atoms with Crippen LogP contribution in [0.4, 0.5) is 11.4 Å². The predicted octanol–water partition coefficient (Wildman–Crippen LogP) is 5.36. The van der Waals surface area contributed by atoms with Crippen LogP contribution in [0, 0.1) is 0 Å². The van der Waals surface area contributed by atoms with E-state index in [1.165, 1.54) is 0 Å². The van der Waals surface area contributed by atoms with Gasteiger partial charge in [0.1, 0.15) is 5.75 Å². The molecular formula is C20H16N2O2. The number of ketones is 1. The topological polar surface area (TPSA) is 51.0 Å². The molecule has 0 amide bonds. The molecule has 0 fully saturated rings. The Morgan fingerprint density at radius 1 is 0.708 bits per heavy atom. The van der Waals surface area contributed by atoms with E-state index in [-0.39, 0.29) is 12.4 Å². The summed E-state index contributed by atoms with van der Waals surface area (Å²) < 4.78 is 5.52. The zero-order valence-corrected chi connectivity index (χ0v) is 13.0. The van der Waals surface area contributed by atoms with Gasteiger partial charge in [-0.05, 0) is 36.4 Å². The maximum Gasteiger partial charge on any atom is 0.200 e. The largest absolute Gasteiger partial charge is 0.485 e. The molecule has 0 bridgehead atoms. The predicted molar refractivity (Wildman–Crippen MR) is 93.3 cm³/mol. The number of nitrogens with zero attached hydrogens (tertiary/aromatic N) is 2. The van der Waals surface area contributed by atoms with Gasteiger partial charge in [-0.25, -0.2) is 0 Å². The number of benzene rings is 3. The second-order valence-electron chi connectivity index (χ2n) is 5.11. The van der Waals surface area contributed by atoms with Crippen LogP contribution >= 0.6 is 0 Å². The third-order valence-electron chi connectivity index (χ3n) is 3.34. The van der Waals surface area contributed by atoms with Crippen LogP contribution in [-0.2, 0) is 0 Å². The third kappa shape index (κ3) is 4.36. The molecule has 0 saturated heterocycles. The molecule has 0 spiro atoms. The van der Waals surface area contributed by atoms with Gasteiger partial charge in [0.2, 0.25) is 0 Å². The lowest BCUT2D eigenvalue weighted by Crippen LogP contribution is -2.11. The van der Waals surface area contributed by atoms with E-state index >= 15 is 0 Å². The molecular weight excluding hydrogens is 300 g/mol. The number of carbonyl (C=O) groups excluding carboxylic acids is 1. The van der Waals surface area contributed by atoms with Crippen LogP contribution in [0.5, 0.6) is 5.75 Å². The molecule has 0 aromatic heterocycles. The monoisotopic (exact) mass is 316 g/mol. The van der Waals surface area contributed by atoms with E-state index in [9.17, 15) is 4.79 Å². The maximum absolute atomic E-state index is 12.0. The Balaban J connectivity index is 1.57. The van der Waals surface area contributed by atoms with E-state index in [1.807, 2.05) is 48.5 Å². The van der Waals surface area contributed by atoms with Crippen LogP contribution in [0.15, 0.2) is 95.2 Å². The number of rotatable bonds is 6. The Morgan fingerprint density at radius 3 is 1.88 bits per heavy atom. The first kappa shape index (κ1) is 15.6. The quantitative estimate of drug-likeness (QED) is 0.454. The number of hydrogen-bond donors (Lipinski definition) is 0. The van der Waals surface area contributed by atoms with Crippen molar-refractivity contribution in [2.24, 2.45) is 10.2 Å². The van der Waals surface area contributed by atoms with Crippen molar-refractivity contribution in [3.8, 4) is 5.75 Å². The minimum absolute atomic E-state index is 0.00882. The Kier molecular flexibility index (Phi) is 5.10. The van der Waals surface area contributed by atoms with Crippen LogP contribution in [-0.4, -0.2) is 12.4 Å². The number of azo groups is 1. The lowest BCUT2D eigenvalue weighted by molar-refractivity contribution is 0.0921. The number of carbonyl (C=O) groups is 1. The summed E-state index contributed by atoms with van der Waals surface area (Å²) in [5.74, 6) is 0.571. The molecule has 0 atom stereocenters. The van der Waals surface area contributed by atoms with Gasteiger partial charge < -0.3 is 4.74 Å². The van der Waals surface area contributed by atoms with Crippen molar-refractivity contribution >= 4 is 17.2 Å². The SMILES string of the molecule is O=C(COc1ccc(N=Nc2ccccc2)cc1)c1ccccc1. The fraction of sp³-hybridized carbons (Fsp3) is 0.0500. The molecule has 3 aromatic rings. The van der Waals surface area contributed by atoms with E-state index < -0.39 is 0 Å². The lowest BCUT2D eigenvalue weighted by atomic mass is 10.1. The maximum atomic E-state index is 12.0. The van der Waals surface area contributed by atoms with Gasteiger partial charge in [0.05, 0.1) is 11.4 Å². The molecule has 118 valence electrons. The van der Waals surface area contributed by atoms with Gasteiger partial charge in [-0.15, -0.1) is 0 Å².